The van der Waals surface area contributed by atoms with Crippen molar-refractivity contribution in [2.75, 3.05) is 36.0 Å². The van der Waals surface area contributed by atoms with Crippen LogP contribution < -0.4 is 9.80 Å². The first-order valence-corrected chi connectivity index (χ1v) is 9.22. The summed E-state index contributed by atoms with van der Waals surface area (Å²) in [7, 11) is 0. The van der Waals surface area contributed by atoms with Crippen LogP contribution >= 0.6 is 0 Å². The number of alkyl halides is 6. The maximum absolute atomic E-state index is 13.3. The van der Waals surface area contributed by atoms with Crippen LogP contribution in [-0.2, 0) is 12.4 Å². The minimum atomic E-state index is -4.78. The van der Waals surface area contributed by atoms with Crippen molar-refractivity contribution in [2.45, 2.75) is 12.4 Å². The number of nitro benzene ring substituents is 1. The Kier molecular flexibility index (Phi) is 5.09. The molecule has 1 aliphatic heterocycles. The molecule has 4 rings (SSSR count). The van der Waals surface area contributed by atoms with Gasteiger partial charge in [0, 0.05) is 38.4 Å². The Labute approximate surface area is 175 Å². The summed E-state index contributed by atoms with van der Waals surface area (Å²) in [6.45, 7) is 0.612. The van der Waals surface area contributed by atoms with Gasteiger partial charge in [0.15, 0.2) is 5.52 Å². The summed E-state index contributed by atoms with van der Waals surface area (Å²) < 4.78 is 79.0. The molecule has 1 aliphatic rings. The molecule has 170 valence electrons. The molecule has 14 heteroatoms. The number of nitrogens with zero attached hydrogens (tertiary/aromatic N) is 5. The first-order valence-electron chi connectivity index (χ1n) is 9.22. The third-order valence-corrected chi connectivity index (χ3v) is 5.05. The Balaban J connectivity index is 1.60. The van der Waals surface area contributed by atoms with E-state index in [1.165, 1.54) is 17.2 Å². The molecule has 8 nitrogen and oxygen atoms in total. The molecule has 0 unspecified atom stereocenters. The van der Waals surface area contributed by atoms with Crippen molar-refractivity contribution < 1.29 is 31.3 Å². The molecule has 3 aromatic rings. The molecule has 32 heavy (non-hydrogen) atoms. The van der Waals surface area contributed by atoms with Crippen molar-refractivity contribution in [2.24, 2.45) is 0 Å². The third kappa shape index (κ3) is 3.99. The molecule has 3 heterocycles. The van der Waals surface area contributed by atoms with Gasteiger partial charge in [-0.3, -0.25) is 10.1 Å². The lowest BCUT2D eigenvalue weighted by atomic mass is 10.1. The molecular weight excluding hydrogens is 446 g/mol. The van der Waals surface area contributed by atoms with Crippen LogP contribution in [0.2, 0.25) is 0 Å². The fraction of sp³-hybridized carbons (Fsp3) is 0.333. The zero-order valence-electron chi connectivity index (χ0n) is 16.0. The second-order valence-corrected chi connectivity index (χ2v) is 7.05. The van der Waals surface area contributed by atoms with Crippen molar-refractivity contribution in [1.29, 1.82) is 0 Å². The molecule has 1 fully saturated rings. The number of non-ortho nitro benzene ring substituents is 1. The van der Waals surface area contributed by atoms with Crippen molar-refractivity contribution in [3.63, 3.8) is 0 Å². The van der Waals surface area contributed by atoms with Crippen LogP contribution in [0, 0.1) is 10.1 Å². The number of hydrogen-bond donors (Lipinski definition) is 1. The van der Waals surface area contributed by atoms with Crippen molar-refractivity contribution >= 4 is 28.5 Å². The summed E-state index contributed by atoms with van der Waals surface area (Å²) in [6.07, 6.45) is -8.10. The van der Waals surface area contributed by atoms with E-state index in [0.717, 1.165) is 12.1 Å². The van der Waals surface area contributed by atoms with E-state index >= 15 is 0 Å². The molecular formula is C18H14F6N6O2. The number of imidazole rings is 1. The number of nitro groups is 1. The van der Waals surface area contributed by atoms with Gasteiger partial charge in [0.05, 0.1) is 21.6 Å². The predicted octanol–water partition coefficient (Wildman–Crippen LogP) is 4.23. The predicted molar refractivity (Wildman–Crippen MR) is 101 cm³/mol. The van der Waals surface area contributed by atoms with Crippen LogP contribution in [0.1, 0.15) is 11.1 Å². The highest BCUT2D eigenvalue weighted by molar-refractivity contribution is 5.87. The van der Waals surface area contributed by atoms with Gasteiger partial charge >= 0.3 is 12.4 Å². The zero-order chi connectivity index (χ0) is 23.3. The summed E-state index contributed by atoms with van der Waals surface area (Å²) in [6, 6.07) is 3.29. The van der Waals surface area contributed by atoms with E-state index in [-0.39, 0.29) is 49.0 Å². The van der Waals surface area contributed by atoms with Crippen LogP contribution in [-0.4, -0.2) is 46.1 Å². The van der Waals surface area contributed by atoms with E-state index in [1.54, 1.807) is 4.90 Å². The molecule has 1 saturated heterocycles. The molecule has 0 saturated carbocycles. The summed E-state index contributed by atoms with van der Waals surface area (Å²) in [5.74, 6) is -0.117. The fourth-order valence-corrected chi connectivity index (χ4v) is 3.54. The van der Waals surface area contributed by atoms with E-state index in [4.69, 9.17) is 0 Å². The number of halogens is 6. The van der Waals surface area contributed by atoms with Crippen LogP contribution in [0.5, 0.6) is 0 Å². The number of rotatable bonds is 3. The van der Waals surface area contributed by atoms with Gasteiger partial charge in [0.1, 0.15) is 5.82 Å². The number of piperazine rings is 1. The lowest BCUT2D eigenvalue weighted by Gasteiger charge is -2.36. The standard InChI is InChI=1S/C18H14F6N6O2/c19-17(20,21)10-8-12-14(13(9-10)30(31)32)27-16(26-12)29-6-4-28(5-7-29)15-11(18(22,23)24)2-1-3-25-15/h1-3,8-9H,4-7H2,(H,26,27). The summed E-state index contributed by atoms with van der Waals surface area (Å²) in [5, 5.41) is 11.3. The number of H-pyrrole nitrogens is 1. The van der Waals surface area contributed by atoms with Crippen molar-refractivity contribution in [1.82, 2.24) is 15.0 Å². The minimum absolute atomic E-state index is 0.0964. The van der Waals surface area contributed by atoms with Gasteiger partial charge in [-0.25, -0.2) is 9.97 Å². The third-order valence-electron chi connectivity index (χ3n) is 5.05. The second kappa shape index (κ2) is 7.53. The van der Waals surface area contributed by atoms with E-state index in [0.29, 0.717) is 6.07 Å². The average molecular weight is 460 g/mol. The molecule has 0 bridgehead atoms. The fourth-order valence-electron chi connectivity index (χ4n) is 3.54. The van der Waals surface area contributed by atoms with Gasteiger partial charge < -0.3 is 14.8 Å². The Morgan fingerprint density at radius 3 is 2.25 bits per heavy atom. The monoisotopic (exact) mass is 460 g/mol. The molecule has 1 N–H and O–H groups in total. The molecule has 0 spiro atoms. The Morgan fingerprint density at radius 2 is 1.66 bits per heavy atom. The number of anilines is 2. The van der Waals surface area contributed by atoms with Gasteiger partial charge in [0.2, 0.25) is 5.95 Å². The quantitative estimate of drug-likeness (QED) is 0.357. The number of aromatic amines is 1. The van der Waals surface area contributed by atoms with Crippen LogP contribution in [0.4, 0.5) is 43.8 Å². The number of aromatic nitrogens is 3. The Hall–Kier alpha value is -3.58. The highest BCUT2D eigenvalue weighted by atomic mass is 19.4. The maximum Gasteiger partial charge on any atom is 0.419 e. The second-order valence-electron chi connectivity index (χ2n) is 7.05. The van der Waals surface area contributed by atoms with Crippen LogP contribution in [0.15, 0.2) is 30.5 Å². The zero-order valence-corrected chi connectivity index (χ0v) is 16.0. The first kappa shape index (κ1) is 21.6. The molecule has 2 aromatic heterocycles. The normalized spacial score (nSPS) is 15.4. The van der Waals surface area contributed by atoms with E-state index < -0.39 is 34.1 Å². The van der Waals surface area contributed by atoms with E-state index in [2.05, 4.69) is 15.0 Å². The van der Waals surface area contributed by atoms with Crippen molar-refractivity contribution in [3.8, 4) is 0 Å². The number of benzene rings is 1. The van der Waals surface area contributed by atoms with Crippen LogP contribution in [0.25, 0.3) is 11.0 Å². The smallest absolute Gasteiger partial charge is 0.353 e. The molecule has 1 aromatic carbocycles. The Morgan fingerprint density at radius 1 is 1.00 bits per heavy atom. The molecule has 0 amide bonds. The van der Waals surface area contributed by atoms with Crippen molar-refractivity contribution in [3.05, 3.63) is 51.7 Å². The summed E-state index contributed by atoms with van der Waals surface area (Å²) >= 11 is 0. The lowest BCUT2D eigenvalue weighted by molar-refractivity contribution is -0.383. The van der Waals surface area contributed by atoms with Crippen LogP contribution in [0.3, 0.4) is 0 Å². The van der Waals surface area contributed by atoms with Gasteiger partial charge in [0.25, 0.3) is 5.69 Å². The summed E-state index contributed by atoms with van der Waals surface area (Å²) in [4.78, 5) is 24.0. The van der Waals surface area contributed by atoms with E-state index in [1.807, 2.05) is 0 Å². The number of fused-ring (bicyclic) bond motifs is 1. The molecule has 0 radical (unpaired) electrons. The minimum Gasteiger partial charge on any atom is -0.353 e. The number of nitrogens with one attached hydrogen (secondary N) is 1. The maximum atomic E-state index is 13.3. The lowest BCUT2D eigenvalue weighted by Crippen LogP contribution is -2.47. The SMILES string of the molecule is O=[N+]([O-])c1cc(C(F)(F)F)cc2[nH]c(N3CCN(c4ncccc4C(F)(F)F)CC3)nc12. The highest BCUT2D eigenvalue weighted by Gasteiger charge is 2.37. The summed E-state index contributed by atoms with van der Waals surface area (Å²) in [5.41, 5.74) is -3.24. The highest BCUT2D eigenvalue weighted by Crippen LogP contribution is 2.37. The molecule has 0 aliphatic carbocycles. The van der Waals surface area contributed by atoms with Gasteiger partial charge in [-0.2, -0.15) is 26.3 Å². The largest absolute Gasteiger partial charge is 0.419 e. The molecule has 0 atom stereocenters. The average Bonchev–Trinajstić information content (AvgIpc) is 3.16. The first-order chi connectivity index (χ1) is 14.9. The number of hydrogen-bond acceptors (Lipinski definition) is 6. The van der Waals surface area contributed by atoms with Gasteiger partial charge in [-0.1, -0.05) is 0 Å². The van der Waals surface area contributed by atoms with Gasteiger partial charge in [-0.15, -0.1) is 0 Å². The number of pyridine rings is 1. The van der Waals surface area contributed by atoms with E-state index in [9.17, 15) is 36.5 Å². The Bertz CT molecular complexity index is 1170. The topological polar surface area (TPSA) is 91.2 Å². The van der Waals surface area contributed by atoms with Gasteiger partial charge in [-0.05, 0) is 18.2 Å².